The van der Waals surface area contributed by atoms with Crippen LogP contribution in [-0.4, -0.2) is 17.9 Å². The van der Waals surface area contributed by atoms with Crippen LogP contribution in [0.4, 0.5) is 4.39 Å². The fourth-order valence-electron chi connectivity index (χ4n) is 1.77. The summed E-state index contributed by atoms with van der Waals surface area (Å²) in [6.45, 7) is 2.13. The van der Waals surface area contributed by atoms with Gasteiger partial charge in [-0.05, 0) is 47.1 Å². The highest BCUT2D eigenvalue weighted by atomic mass is 79.9. The van der Waals surface area contributed by atoms with Crippen LogP contribution in [0.15, 0.2) is 39.2 Å². The maximum Gasteiger partial charge on any atom is 0.258 e. The Morgan fingerprint density at radius 3 is 2.68 bits per heavy atom. The molecule has 1 heterocycles. The van der Waals surface area contributed by atoms with Gasteiger partial charge in [0.2, 0.25) is 0 Å². The molecule has 100 valence electrons. The van der Waals surface area contributed by atoms with E-state index in [2.05, 4.69) is 15.9 Å². The molecule has 0 atom stereocenters. The Labute approximate surface area is 119 Å². The van der Waals surface area contributed by atoms with Crippen molar-refractivity contribution in [2.75, 3.05) is 7.05 Å². The minimum atomic E-state index is -0.540. The van der Waals surface area contributed by atoms with Crippen molar-refractivity contribution in [3.8, 4) is 0 Å². The Morgan fingerprint density at radius 1 is 1.37 bits per heavy atom. The van der Waals surface area contributed by atoms with Crippen molar-refractivity contribution in [3.63, 3.8) is 0 Å². The zero-order valence-electron chi connectivity index (χ0n) is 10.6. The summed E-state index contributed by atoms with van der Waals surface area (Å²) in [4.78, 5) is 13.6. The summed E-state index contributed by atoms with van der Waals surface area (Å²) in [7, 11) is 1.61. The molecule has 0 aliphatic carbocycles. The van der Waals surface area contributed by atoms with Crippen LogP contribution in [0.25, 0.3) is 0 Å². The molecule has 0 aliphatic rings. The first-order valence-corrected chi connectivity index (χ1v) is 6.53. The summed E-state index contributed by atoms with van der Waals surface area (Å²) in [5.74, 6) is 0.518. The molecule has 0 unspecified atom stereocenters. The Balaban J connectivity index is 2.19. The van der Waals surface area contributed by atoms with Gasteiger partial charge in [-0.2, -0.15) is 0 Å². The molecule has 5 heteroatoms. The quantitative estimate of drug-likeness (QED) is 0.860. The molecule has 2 aromatic rings. The van der Waals surface area contributed by atoms with Gasteiger partial charge < -0.3 is 9.32 Å². The highest BCUT2D eigenvalue weighted by Crippen LogP contribution is 2.22. The SMILES string of the molecule is Cc1ccc(CN(C)C(=O)c2c(F)cccc2Br)o1. The van der Waals surface area contributed by atoms with Crippen molar-refractivity contribution in [1.29, 1.82) is 0 Å². The minimum Gasteiger partial charge on any atom is -0.464 e. The van der Waals surface area contributed by atoms with Gasteiger partial charge in [0.15, 0.2) is 0 Å². The summed E-state index contributed by atoms with van der Waals surface area (Å²) in [5.41, 5.74) is 0.0354. The highest BCUT2D eigenvalue weighted by molar-refractivity contribution is 9.10. The third kappa shape index (κ3) is 3.04. The summed E-state index contributed by atoms with van der Waals surface area (Å²) < 4.78 is 19.5. The summed E-state index contributed by atoms with van der Waals surface area (Å²) >= 11 is 3.19. The molecule has 1 aromatic carbocycles. The second-order valence-corrected chi connectivity index (χ2v) is 5.12. The second-order valence-electron chi connectivity index (χ2n) is 4.27. The molecule has 0 bridgehead atoms. The van der Waals surface area contributed by atoms with Crippen molar-refractivity contribution < 1.29 is 13.6 Å². The van der Waals surface area contributed by atoms with Gasteiger partial charge in [-0.1, -0.05) is 6.07 Å². The Morgan fingerprint density at radius 2 is 2.11 bits per heavy atom. The van der Waals surface area contributed by atoms with Gasteiger partial charge in [0, 0.05) is 11.5 Å². The van der Waals surface area contributed by atoms with Crippen molar-refractivity contribution in [2.45, 2.75) is 13.5 Å². The molecular formula is C14H13BrFNO2. The van der Waals surface area contributed by atoms with Gasteiger partial charge in [0.1, 0.15) is 17.3 Å². The molecule has 0 saturated heterocycles. The van der Waals surface area contributed by atoms with Crippen LogP contribution in [0.5, 0.6) is 0 Å². The lowest BCUT2D eigenvalue weighted by molar-refractivity contribution is 0.0769. The maximum absolute atomic E-state index is 13.7. The number of halogens is 2. The molecule has 0 N–H and O–H groups in total. The molecule has 0 aliphatic heterocycles. The Kier molecular flexibility index (Phi) is 4.04. The molecular weight excluding hydrogens is 313 g/mol. The van der Waals surface area contributed by atoms with Crippen molar-refractivity contribution in [1.82, 2.24) is 4.90 Å². The van der Waals surface area contributed by atoms with Gasteiger partial charge in [0.25, 0.3) is 5.91 Å². The number of carbonyl (C=O) groups excluding carboxylic acids is 1. The lowest BCUT2D eigenvalue weighted by Crippen LogP contribution is -2.27. The molecule has 19 heavy (non-hydrogen) atoms. The van der Waals surface area contributed by atoms with E-state index >= 15 is 0 Å². The van der Waals surface area contributed by atoms with Crippen LogP contribution in [0.1, 0.15) is 21.9 Å². The molecule has 0 spiro atoms. The van der Waals surface area contributed by atoms with Crippen LogP contribution in [0.3, 0.4) is 0 Å². The van der Waals surface area contributed by atoms with Crippen LogP contribution >= 0.6 is 15.9 Å². The molecule has 0 radical (unpaired) electrons. The van der Waals surface area contributed by atoms with Gasteiger partial charge in [-0.25, -0.2) is 4.39 Å². The topological polar surface area (TPSA) is 33.5 Å². The smallest absolute Gasteiger partial charge is 0.258 e. The first kappa shape index (κ1) is 13.8. The maximum atomic E-state index is 13.7. The number of amides is 1. The predicted molar refractivity (Wildman–Crippen MR) is 73.3 cm³/mol. The first-order chi connectivity index (χ1) is 8.99. The molecule has 2 rings (SSSR count). The monoisotopic (exact) mass is 325 g/mol. The van der Waals surface area contributed by atoms with Gasteiger partial charge >= 0.3 is 0 Å². The fourth-order valence-corrected chi connectivity index (χ4v) is 2.28. The fraction of sp³-hybridized carbons (Fsp3) is 0.214. The number of carbonyl (C=O) groups is 1. The average Bonchev–Trinajstić information content (AvgIpc) is 2.74. The van der Waals surface area contributed by atoms with Crippen LogP contribution < -0.4 is 0 Å². The molecule has 0 saturated carbocycles. The number of rotatable bonds is 3. The number of furan rings is 1. The Hall–Kier alpha value is -1.62. The van der Waals surface area contributed by atoms with E-state index < -0.39 is 5.82 Å². The van der Waals surface area contributed by atoms with Crippen LogP contribution in [-0.2, 0) is 6.54 Å². The summed E-state index contributed by atoms with van der Waals surface area (Å²) in [6.07, 6.45) is 0. The number of hydrogen-bond donors (Lipinski definition) is 0. The van der Waals surface area contributed by atoms with Crippen molar-refractivity contribution >= 4 is 21.8 Å². The number of aryl methyl sites for hydroxylation is 1. The molecule has 3 nitrogen and oxygen atoms in total. The van der Waals surface area contributed by atoms with E-state index in [1.54, 1.807) is 25.2 Å². The van der Waals surface area contributed by atoms with Crippen molar-refractivity contribution in [2.24, 2.45) is 0 Å². The average molecular weight is 326 g/mol. The van der Waals surface area contributed by atoms with E-state index in [9.17, 15) is 9.18 Å². The Bertz CT molecular complexity index is 589. The largest absolute Gasteiger partial charge is 0.464 e. The predicted octanol–water partition coefficient (Wildman–Crippen LogP) is 3.76. The molecule has 1 amide bonds. The number of benzene rings is 1. The summed E-state index contributed by atoms with van der Waals surface area (Å²) in [5, 5.41) is 0. The van der Waals surface area contributed by atoms with E-state index in [0.717, 1.165) is 5.76 Å². The normalized spacial score (nSPS) is 10.5. The van der Waals surface area contributed by atoms with E-state index in [1.165, 1.54) is 11.0 Å². The number of nitrogens with zero attached hydrogens (tertiary/aromatic N) is 1. The molecule has 0 fully saturated rings. The van der Waals surface area contributed by atoms with Gasteiger partial charge in [-0.15, -0.1) is 0 Å². The number of hydrogen-bond acceptors (Lipinski definition) is 2. The van der Waals surface area contributed by atoms with E-state index in [0.29, 0.717) is 16.8 Å². The first-order valence-electron chi connectivity index (χ1n) is 5.74. The zero-order chi connectivity index (χ0) is 14.0. The molecule has 1 aromatic heterocycles. The zero-order valence-corrected chi connectivity index (χ0v) is 12.2. The van der Waals surface area contributed by atoms with E-state index in [4.69, 9.17) is 4.42 Å². The standard InChI is InChI=1S/C14H13BrFNO2/c1-9-6-7-10(19-9)8-17(2)14(18)13-11(15)4-3-5-12(13)16/h3-7H,8H2,1-2H3. The highest BCUT2D eigenvalue weighted by Gasteiger charge is 2.20. The third-order valence-electron chi connectivity index (χ3n) is 2.71. The van der Waals surface area contributed by atoms with Crippen LogP contribution in [0, 0.1) is 12.7 Å². The third-order valence-corrected chi connectivity index (χ3v) is 3.37. The lowest BCUT2D eigenvalue weighted by atomic mass is 10.2. The van der Waals surface area contributed by atoms with E-state index in [-0.39, 0.29) is 11.5 Å². The summed E-state index contributed by atoms with van der Waals surface area (Å²) in [6, 6.07) is 8.08. The van der Waals surface area contributed by atoms with Gasteiger partial charge in [0.05, 0.1) is 12.1 Å². The van der Waals surface area contributed by atoms with E-state index in [1.807, 2.05) is 13.0 Å². The van der Waals surface area contributed by atoms with Crippen molar-refractivity contribution in [3.05, 3.63) is 57.7 Å². The van der Waals surface area contributed by atoms with Crippen LogP contribution in [0.2, 0.25) is 0 Å². The lowest BCUT2D eigenvalue weighted by Gasteiger charge is -2.17. The van der Waals surface area contributed by atoms with Gasteiger partial charge in [-0.3, -0.25) is 4.79 Å². The second kappa shape index (κ2) is 5.57. The minimum absolute atomic E-state index is 0.0354.